The summed E-state index contributed by atoms with van der Waals surface area (Å²) in [4.78, 5) is 0.179. The fourth-order valence-corrected chi connectivity index (χ4v) is 4.47. The van der Waals surface area contributed by atoms with Gasteiger partial charge in [0.2, 0.25) is 0 Å². The first-order chi connectivity index (χ1) is 12.0. The Morgan fingerprint density at radius 1 is 1.04 bits per heavy atom. The number of nitriles is 1. The average molecular weight is 355 g/mol. The smallest absolute Gasteiger partial charge is 0.263 e. The average Bonchev–Trinajstić information content (AvgIpc) is 2.63. The van der Waals surface area contributed by atoms with Crippen molar-refractivity contribution in [3.8, 4) is 6.07 Å². The molecule has 0 N–H and O–H groups in total. The summed E-state index contributed by atoms with van der Waals surface area (Å²) in [5.74, 6) is 0. The lowest BCUT2D eigenvalue weighted by Gasteiger charge is -2.34. The summed E-state index contributed by atoms with van der Waals surface area (Å²) >= 11 is 0. The number of hydrogen-bond acceptors (Lipinski definition) is 4. The van der Waals surface area contributed by atoms with Crippen molar-refractivity contribution < 1.29 is 12.6 Å². The predicted molar refractivity (Wildman–Crippen MR) is 95.4 cm³/mol. The van der Waals surface area contributed by atoms with E-state index in [9.17, 15) is 13.7 Å². The minimum Gasteiger partial charge on any atom is -0.263 e. The largest absolute Gasteiger partial charge is 0.297 e. The van der Waals surface area contributed by atoms with E-state index in [0.29, 0.717) is 25.7 Å². The van der Waals surface area contributed by atoms with Gasteiger partial charge in [-0.2, -0.15) is 13.7 Å². The molecule has 1 saturated carbocycles. The van der Waals surface area contributed by atoms with E-state index >= 15 is 0 Å². The van der Waals surface area contributed by atoms with Crippen LogP contribution >= 0.6 is 0 Å². The van der Waals surface area contributed by atoms with Crippen LogP contribution in [-0.2, 0) is 19.7 Å². The van der Waals surface area contributed by atoms with E-state index in [1.165, 1.54) is 0 Å². The maximum atomic E-state index is 12.4. The summed E-state index contributed by atoms with van der Waals surface area (Å²) in [6.07, 6.45) is 1.92. The molecule has 25 heavy (non-hydrogen) atoms. The Balaban J connectivity index is 1.70. The van der Waals surface area contributed by atoms with Crippen LogP contribution in [0.5, 0.6) is 0 Å². The van der Waals surface area contributed by atoms with Gasteiger partial charge in [-0.25, -0.2) is 0 Å². The first kappa shape index (κ1) is 17.7. The monoisotopic (exact) mass is 355 g/mol. The Hall–Kier alpha value is -2.16. The molecule has 0 radical (unpaired) electrons. The van der Waals surface area contributed by atoms with E-state index in [1.807, 2.05) is 37.3 Å². The number of rotatable bonds is 4. The molecule has 5 heteroatoms. The van der Waals surface area contributed by atoms with Gasteiger partial charge in [-0.15, -0.1) is 0 Å². The van der Waals surface area contributed by atoms with Crippen molar-refractivity contribution >= 4 is 10.1 Å². The standard InChI is InChI=1S/C20H21NO3S/c1-16-7-9-19(10-8-16)25(22,23)24-18-11-13-20(15-21,14-12-18)17-5-3-2-4-6-17/h2-10,18H,11-14H2,1H3. The third-order valence-electron chi connectivity index (χ3n) is 4.90. The number of hydrogen-bond donors (Lipinski definition) is 0. The molecule has 1 aliphatic rings. The SMILES string of the molecule is Cc1ccc(S(=O)(=O)OC2CCC(C#N)(c3ccccc3)CC2)cc1. The molecule has 1 fully saturated rings. The van der Waals surface area contributed by atoms with Gasteiger partial charge in [0.15, 0.2) is 0 Å². The van der Waals surface area contributed by atoms with Crippen LogP contribution in [0.15, 0.2) is 59.5 Å². The van der Waals surface area contributed by atoms with Crippen molar-refractivity contribution in [2.45, 2.75) is 49.0 Å². The van der Waals surface area contributed by atoms with Gasteiger partial charge in [-0.3, -0.25) is 4.18 Å². The van der Waals surface area contributed by atoms with Crippen LogP contribution in [0.4, 0.5) is 0 Å². The second kappa shape index (κ2) is 6.99. The fourth-order valence-electron chi connectivity index (χ4n) is 3.34. The molecule has 0 heterocycles. The van der Waals surface area contributed by atoms with Gasteiger partial charge in [-0.05, 0) is 50.3 Å². The van der Waals surface area contributed by atoms with Gasteiger partial charge < -0.3 is 0 Å². The molecule has 0 aromatic heterocycles. The highest BCUT2D eigenvalue weighted by atomic mass is 32.2. The van der Waals surface area contributed by atoms with Crippen molar-refractivity contribution in [3.63, 3.8) is 0 Å². The van der Waals surface area contributed by atoms with Gasteiger partial charge in [0, 0.05) is 0 Å². The number of benzene rings is 2. The van der Waals surface area contributed by atoms with E-state index in [4.69, 9.17) is 4.18 Å². The van der Waals surface area contributed by atoms with Crippen molar-refractivity contribution in [1.82, 2.24) is 0 Å². The van der Waals surface area contributed by atoms with Crippen molar-refractivity contribution in [3.05, 3.63) is 65.7 Å². The molecule has 0 unspecified atom stereocenters. The van der Waals surface area contributed by atoms with E-state index < -0.39 is 15.5 Å². The van der Waals surface area contributed by atoms with E-state index in [1.54, 1.807) is 24.3 Å². The van der Waals surface area contributed by atoms with Gasteiger partial charge in [0.25, 0.3) is 10.1 Å². The second-order valence-corrected chi connectivity index (χ2v) is 8.19. The highest BCUT2D eigenvalue weighted by Gasteiger charge is 2.38. The van der Waals surface area contributed by atoms with Crippen LogP contribution in [0.3, 0.4) is 0 Å². The number of aryl methyl sites for hydroxylation is 1. The van der Waals surface area contributed by atoms with Crippen molar-refractivity contribution in [2.75, 3.05) is 0 Å². The van der Waals surface area contributed by atoms with E-state index in [2.05, 4.69) is 6.07 Å². The Bertz CT molecular complexity index is 859. The third-order valence-corrected chi connectivity index (χ3v) is 6.27. The summed E-state index contributed by atoms with van der Waals surface area (Å²) in [7, 11) is -3.77. The lowest BCUT2D eigenvalue weighted by Crippen LogP contribution is -2.34. The van der Waals surface area contributed by atoms with Crippen molar-refractivity contribution in [1.29, 1.82) is 5.26 Å². The zero-order valence-electron chi connectivity index (χ0n) is 14.2. The molecular weight excluding hydrogens is 334 g/mol. The van der Waals surface area contributed by atoms with Crippen LogP contribution in [0.1, 0.15) is 36.8 Å². The van der Waals surface area contributed by atoms with Crippen LogP contribution in [0.2, 0.25) is 0 Å². The first-order valence-corrected chi connectivity index (χ1v) is 9.83. The van der Waals surface area contributed by atoms with Crippen LogP contribution in [0.25, 0.3) is 0 Å². The highest BCUT2D eigenvalue weighted by Crippen LogP contribution is 2.40. The minimum absolute atomic E-state index is 0.179. The molecule has 3 rings (SSSR count). The molecule has 130 valence electrons. The Morgan fingerprint density at radius 3 is 2.20 bits per heavy atom. The summed E-state index contributed by atoms with van der Waals surface area (Å²) in [6.45, 7) is 1.91. The lowest BCUT2D eigenvalue weighted by molar-refractivity contribution is 0.138. The summed E-state index contributed by atoms with van der Waals surface area (Å²) < 4.78 is 30.3. The van der Waals surface area contributed by atoms with Crippen molar-refractivity contribution in [2.24, 2.45) is 0 Å². The summed E-state index contributed by atoms with van der Waals surface area (Å²) in [5.41, 5.74) is 1.45. The maximum Gasteiger partial charge on any atom is 0.297 e. The molecule has 0 amide bonds. The second-order valence-electron chi connectivity index (χ2n) is 6.62. The quantitative estimate of drug-likeness (QED) is 0.774. The normalized spacial score (nSPS) is 23.8. The molecule has 4 nitrogen and oxygen atoms in total. The van der Waals surface area contributed by atoms with Gasteiger partial charge in [-0.1, -0.05) is 48.0 Å². The van der Waals surface area contributed by atoms with Crippen LogP contribution < -0.4 is 0 Å². The lowest BCUT2D eigenvalue weighted by atomic mass is 9.70. The van der Waals surface area contributed by atoms with E-state index in [0.717, 1.165) is 11.1 Å². The minimum atomic E-state index is -3.77. The molecule has 0 saturated heterocycles. The summed E-state index contributed by atoms with van der Waals surface area (Å²) in [6, 6.07) is 18.8. The molecule has 0 aliphatic heterocycles. The zero-order valence-corrected chi connectivity index (χ0v) is 15.0. The van der Waals surface area contributed by atoms with Crippen LogP contribution in [0, 0.1) is 18.3 Å². The molecule has 2 aromatic carbocycles. The molecule has 0 spiro atoms. The third kappa shape index (κ3) is 3.76. The zero-order chi connectivity index (χ0) is 17.9. The summed E-state index contributed by atoms with van der Waals surface area (Å²) in [5, 5.41) is 9.71. The molecule has 0 bridgehead atoms. The maximum absolute atomic E-state index is 12.4. The topological polar surface area (TPSA) is 67.2 Å². The molecule has 2 aromatic rings. The molecule has 0 atom stereocenters. The Morgan fingerprint density at radius 2 is 1.64 bits per heavy atom. The molecule has 1 aliphatic carbocycles. The van der Waals surface area contributed by atoms with Gasteiger partial charge in [0.05, 0.1) is 22.5 Å². The van der Waals surface area contributed by atoms with E-state index in [-0.39, 0.29) is 11.0 Å². The number of nitrogens with zero attached hydrogens (tertiary/aromatic N) is 1. The Labute approximate surface area is 149 Å². The molecular formula is C20H21NO3S. The van der Waals surface area contributed by atoms with Gasteiger partial charge >= 0.3 is 0 Å². The predicted octanol–water partition coefficient (Wildman–Crippen LogP) is 4.10. The first-order valence-electron chi connectivity index (χ1n) is 8.42. The van der Waals surface area contributed by atoms with Crippen LogP contribution in [-0.4, -0.2) is 14.5 Å². The fraction of sp³-hybridized carbons (Fsp3) is 0.350. The van der Waals surface area contributed by atoms with Gasteiger partial charge in [0.1, 0.15) is 0 Å². The highest BCUT2D eigenvalue weighted by molar-refractivity contribution is 7.86. The Kier molecular flexibility index (Phi) is 4.94.